The number of hydrogen-bond acceptors (Lipinski definition) is 3. The van der Waals surface area contributed by atoms with Gasteiger partial charge in [-0.05, 0) is 37.7 Å². The molecule has 1 saturated carbocycles. The lowest BCUT2D eigenvalue weighted by atomic mass is 9.92. The van der Waals surface area contributed by atoms with Gasteiger partial charge in [-0.2, -0.15) is 0 Å². The maximum Gasteiger partial charge on any atom is 0.165 e. The van der Waals surface area contributed by atoms with Gasteiger partial charge in [0.1, 0.15) is 0 Å². The van der Waals surface area contributed by atoms with E-state index in [1.54, 1.807) is 7.11 Å². The molecule has 1 N–H and O–H groups in total. The highest BCUT2D eigenvalue weighted by Gasteiger charge is 2.30. The van der Waals surface area contributed by atoms with E-state index in [2.05, 4.69) is 25.2 Å². The second-order valence-electron chi connectivity index (χ2n) is 6.37. The topological polar surface area (TPSA) is 30.5 Å². The fourth-order valence-electron chi connectivity index (χ4n) is 3.07. The first-order valence-corrected chi connectivity index (χ1v) is 7.58. The van der Waals surface area contributed by atoms with Crippen LogP contribution in [0.25, 0.3) is 0 Å². The van der Waals surface area contributed by atoms with Crippen LogP contribution in [0.2, 0.25) is 0 Å². The molecule has 1 aromatic rings. The minimum absolute atomic E-state index is 0.481. The van der Waals surface area contributed by atoms with Gasteiger partial charge in [0, 0.05) is 18.2 Å². The van der Waals surface area contributed by atoms with Gasteiger partial charge in [0.05, 0.1) is 13.7 Å². The molecular formula is C17H27NO2. The lowest BCUT2D eigenvalue weighted by Crippen LogP contribution is -2.27. The normalized spacial score (nSPS) is 20.9. The van der Waals surface area contributed by atoms with Crippen molar-refractivity contribution in [3.63, 3.8) is 0 Å². The van der Waals surface area contributed by atoms with Crippen LogP contribution < -0.4 is 14.8 Å². The van der Waals surface area contributed by atoms with Gasteiger partial charge < -0.3 is 14.8 Å². The van der Waals surface area contributed by atoms with E-state index in [9.17, 15) is 0 Å². The van der Waals surface area contributed by atoms with Crippen molar-refractivity contribution in [2.45, 2.75) is 52.6 Å². The SMILES string of the molecule is CCOc1cccc(CNC2CCC(C)(C)C2)c1OC. The molecule has 0 aromatic heterocycles. The monoisotopic (exact) mass is 277 g/mol. The van der Waals surface area contributed by atoms with Gasteiger partial charge in [-0.3, -0.25) is 0 Å². The van der Waals surface area contributed by atoms with Crippen LogP contribution in [0, 0.1) is 5.41 Å². The fourth-order valence-corrected chi connectivity index (χ4v) is 3.07. The predicted molar refractivity (Wildman–Crippen MR) is 82.4 cm³/mol. The maximum absolute atomic E-state index is 5.62. The van der Waals surface area contributed by atoms with Crippen LogP contribution >= 0.6 is 0 Å². The summed E-state index contributed by atoms with van der Waals surface area (Å²) in [4.78, 5) is 0. The highest BCUT2D eigenvalue weighted by Crippen LogP contribution is 2.37. The third-order valence-corrected chi connectivity index (χ3v) is 4.11. The standard InChI is InChI=1S/C17H27NO2/c1-5-20-15-8-6-7-13(16(15)19-4)12-18-14-9-10-17(2,3)11-14/h6-8,14,18H,5,9-12H2,1-4H3. The van der Waals surface area contributed by atoms with Crippen LogP contribution in [0.1, 0.15) is 45.6 Å². The van der Waals surface area contributed by atoms with E-state index in [1.165, 1.54) is 24.8 Å². The van der Waals surface area contributed by atoms with E-state index in [4.69, 9.17) is 9.47 Å². The van der Waals surface area contributed by atoms with Crippen molar-refractivity contribution in [2.24, 2.45) is 5.41 Å². The summed E-state index contributed by atoms with van der Waals surface area (Å²) >= 11 is 0. The number of rotatable bonds is 6. The third kappa shape index (κ3) is 3.66. The van der Waals surface area contributed by atoms with Crippen molar-refractivity contribution in [2.75, 3.05) is 13.7 Å². The summed E-state index contributed by atoms with van der Waals surface area (Å²) in [5.74, 6) is 1.69. The average Bonchev–Trinajstić information content (AvgIpc) is 2.76. The van der Waals surface area contributed by atoms with Crippen LogP contribution in [0.3, 0.4) is 0 Å². The van der Waals surface area contributed by atoms with Crippen LogP contribution in [-0.4, -0.2) is 19.8 Å². The quantitative estimate of drug-likeness (QED) is 0.858. The average molecular weight is 277 g/mol. The molecule has 112 valence electrons. The van der Waals surface area contributed by atoms with Gasteiger partial charge in [0.25, 0.3) is 0 Å². The third-order valence-electron chi connectivity index (χ3n) is 4.11. The molecule has 1 atom stereocenters. The van der Waals surface area contributed by atoms with E-state index in [-0.39, 0.29) is 0 Å². The van der Waals surface area contributed by atoms with Crippen molar-refractivity contribution < 1.29 is 9.47 Å². The number of ether oxygens (including phenoxy) is 2. The molecule has 3 heteroatoms. The molecule has 2 rings (SSSR count). The Balaban J connectivity index is 2.00. The van der Waals surface area contributed by atoms with Crippen molar-refractivity contribution in [1.82, 2.24) is 5.32 Å². The van der Waals surface area contributed by atoms with Gasteiger partial charge in [-0.15, -0.1) is 0 Å². The van der Waals surface area contributed by atoms with E-state index in [0.717, 1.165) is 18.0 Å². The molecule has 0 radical (unpaired) electrons. The van der Waals surface area contributed by atoms with Gasteiger partial charge in [-0.1, -0.05) is 26.0 Å². The Hall–Kier alpha value is -1.22. The summed E-state index contributed by atoms with van der Waals surface area (Å²) in [6.07, 6.45) is 3.82. The van der Waals surface area contributed by atoms with Crippen molar-refractivity contribution >= 4 is 0 Å². The Morgan fingerprint density at radius 2 is 2.15 bits per heavy atom. The molecule has 0 aliphatic heterocycles. The fraction of sp³-hybridized carbons (Fsp3) is 0.647. The Bertz CT molecular complexity index is 443. The second-order valence-corrected chi connectivity index (χ2v) is 6.37. The summed E-state index contributed by atoms with van der Waals surface area (Å²) in [5, 5.41) is 3.66. The molecule has 0 heterocycles. The first-order valence-electron chi connectivity index (χ1n) is 7.58. The van der Waals surface area contributed by atoms with Crippen molar-refractivity contribution in [1.29, 1.82) is 0 Å². The zero-order valence-corrected chi connectivity index (χ0v) is 13.2. The van der Waals surface area contributed by atoms with Crippen LogP contribution in [-0.2, 0) is 6.54 Å². The first-order chi connectivity index (χ1) is 9.55. The lowest BCUT2D eigenvalue weighted by Gasteiger charge is -2.19. The highest BCUT2D eigenvalue weighted by atomic mass is 16.5. The van der Waals surface area contributed by atoms with E-state index >= 15 is 0 Å². The van der Waals surface area contributed by atoms with Crippen molar-refractivity contribution in [3.05, 3.63) is 23.8 Å². The molecule has 0 bridgehead atoms. The number of nitrogens with one attached hydrogen (secondary N) is 1. The first kappa shape index (κ1) is 15.2. The van der Waals surface area contributed by atoms with Gasteiger partial charge in [-0.25, -0.2) is 0 Å². The number of hydrogen-bond donors (Lipinski definition) is 1. The molecular weight excluding hydrogens is 250 g/mol. The Morgan fingerprint density at radius 3 is 2.75 bits per heavy atom. The minimum atomic E-state index is 0.481. The molecule has 1 aliphatic carbocycles. The van der Waals surface area contributed by atoms with Crippen LogP contribution in [0.4, 0.5) is 0 Å². The largest absolute Gasteiger partial charge is 0.493 e. The Labute approximate surface area is 122 Å². The Morgan fingerprint density at radius 1 is 1.35 bits per heavy atom. The number of benzene rings is 1. The maximum atomic E-state index is 5.62. The molecule has 0 spiro atoms. The Kier molecular flexibility index (Phi) is 4.92. The summed E-state index contributed by atoms with van der Waals surface area (Å²) in [5.41, 5.74) is 1.65. The summed E-state index contributed by atoms with van der Waals surface area (Å²) < 4.78 is 11.1. The minimum Gasteiger partial charge on any atom is -0.493 e. The zero-order valence-electron chi connectivity index (χ0n) is 13.2. The molecule has 1 aliphatic rings. The van der Waals surface area contributed by atoms with E-state index in [1.807, 2.05) is 19.1 Å². The molecule has 20 heavy (non-hydrogen) atoms. The van der Waals surface area contributed by atoms with Gasteiger partial charge in [0.2, 0.25) is 0 Å². The summed E-state index contributed by atoms with van der Waals surface area (Å²) in [6.45, 7) is 8.19. The molecule has 3 nitrogen and oxygen atoms in total. The van der Waals surface area contributed by atoms with Crippen LogP contribution in [0.15, 0.2) is 18.2 Å². The summed E-state index contributed by atoms with van der Waals surface area (Å²) in [7, 11) is 1.71. The molecule has 1 aromatic carbocycles. The van der Waals surface area contributed by atoms with Gasteiger partial charge in [0.15, 0.2) is 11.5 Å². The lowest BCUT2D eigenvalue weighted by molar-refractivity contribution is 0.308. The van der Waals surface area contributed by atoms with Crippen LogP contribution in [0.5, 0.6) is 11.5 Å². The van der Waals surface area contributed by atoms with Crippen molar-refractivity contribution in [3.8, 4) is 11.5 Å². The molecule has 0 amide bonds. The molecule has 0 saturated heterocycles. The number of para-hydroxylation sites is 1. The smallest absolute Gasteiger partial charge is 0.165 e. The van der Waals surface area contributed by atoms with E-state index in [0.29, 0.717) is 18.1 Å². The second kappa shape index (κ2) is 6.49. The van der Waals surface area contributed by atoms with E-state index < -0.39 is 0 Å². The molecule has 1 fully saturated rings. The predicted octanol–water partition coefficient (Wildman–Crippen LogP) is 3.76. The zero-order chi connectivity index (χ0) is 14.6. The molecule has 1 unspecified atom stereocenters. The van der Waals surface area contributed by atoms with Gasteiger partial charge >= 0.3 is 0 Å². The summed E-state index contributed by atoms with van der Waals surface area (Å²) in [6, 6.07) is 6.72. The highest BCUT2D eigenvalue weighted by molar-refractivity contribution is 5.46. The number of methoxy groups -OCH3 is 1.